The number of pyridine rings is 3. The van der Waals surface area contributed by atoms with Gasteiger partial charge in [-0.3, -0.25) is 9.78 Å². The number of nitrogens with zero attached hydrogens (tertiary/aromatic N) is 3. The number of amides is 1. The molecule has 3 aromatic rings. The lowest BCUT2D eigenvalue weighted by Gasteiger charge is -2.16. The maximum atomic E-state index is 12.2. The summed E-state index contributed by atoms with van der Waals surface area (Å²) in [7, 11) is -1.99. The summed E-state index contributed by atoms with van der Waals surface area (Å²) in [6, 6.07) is 8.31. The highest BCUT2D eigenvalue weighted by molar-refractivity contribution is 7.90. The van der Waals surface area contributed by atoms with Gasteiger partial charge in [0.2, 0.25) is 5.91 Å². The van der Waals surface area contributed by atoms with Crippen molar-refractivity contribution in [2.24, 2.45) is 0 Å². The van der Waals surface area contributed by atoms with Crippen molar-refractivity contribution in [2.45, 2.75) is 38.5 Å². The molecule has 34 heavy (non-hydrogen) atoms. The Labute approximate surface area is 198 Å². The number of anilines is 3. The van der Waals surface area contributed by atoms with Gasteiger partial charge >= 0.3 is 0 Å². The van der Waals surface area contributed by atoms with E-state index in [1.54, 1.807) is 31.6 Å². The molecule has 3 aromatic heterocycles. The third kappa shape index (κ3) is 6.72. The van der Waals surface area contributed by atoms with Crippen LogP contribution in [-0.2, 0) is 26.0 Å². The van der Waals surface area contributed by atoms with E-state index in [2.05, 4.69) is 25.6 Å². The molecular weight excluding hydrogens is 458 g/mol. The van der Waals surface area contributed by atoms with Crippen LogP contribution in [0.4, 0.5) is 17.3 Å². The Morgan fingerprint density at radius 1 is 1.09 bits per heavy atom. The molecule has 0 saturated carbocycles. The molecule has 1 amide bonds. The minimum Gasteiger partial charge on any atom is -0.491 e. The second kappa shape index (κ2) is 10.6. The maximum Gasteiger partial charge on any atom is 0.222 e. The zero-order valence-electron chi connectivity index (χ0n) is 19.6. The van der Waals surface area contributed by atoms with Gasteiger partial charge in [0.1, 0.15) is 17.4 Å². The Bertz CT molecular complexity index is 1280. The summed E-state index contributed by atoms with van der Waals surface area (Å²) in [5, 5.41) is 5.65. The van der Waals surface area contributed by atoms with Gasteiger partial charge in [0.15, 0.2) is 14.9 Å². The van der Waals surface area contributed by atoms with E-state index in [0.29, 0.717) is 35.1 Å². The minimum atomic E-state index is -3.60. The van der Waals surface area contributed by atoms with Crippen LogP contribution in [0.15, 0.2) is 47.8 Å². The number of aromatic nitrogens is 3. The monoisotopic (exact) mass is 485 g/mol. The predicted molar refractivity (Wildman–Crippen MR) is 129 cm³/mol. The highest BCUT2D eigenvalue weighted by Crippen LogP contribution is 2.32. The Morgan fingerprint density at radius 3 is 2.44 bits per heavy atom. The van der Waals surface area contributed by atoms with Crippen LogP contribution in [0, 0.1) is 0 Å². The number of nitrogens with one attached hydrogen (secondary N) is 2. The Balaban J connectivity index is 2.09. The first-order chi connectivity index (χ1) is 16.0. The number of ether oxygens (including phenoxy) is 2. The lowest BCUT2D eigenvalue weighted by molar-refractivity contribution is -0.114. The third-order valence-corrected chi connectivity index (χ3v) is 5.38. The standard InChI is InChI=1S/C23H27N5O5S/c1-14(2)33-17-8-22(28-23(9-17)34(5,30)31)27-20-10-21(26-15(3)29)25-12-18(20)19-7-6-16(11-24-19)13-32-4/h6-12,14H,13H2,1-5H3,(H2,25,26,27,28,29). The largest absolute Gasteiger partial charge is 0.491 e. The summed E-state index contributed by atoms with van der Waals surface area (Å²) in [6.45, 7) is 5.49. The molecule has 3 heterocycles. The third-order valence-electron chi connectivity index (χ3n) is 4.41. The normalized spacial score (nSPS) is 11.4. The minimum absolute atomic E-state index is 0.132. The van der Waals surface area contributed by atoms with E-state index in [0.717, 1.165) is 11.8 Å². The van der Waals surface area contributed by atoms with Crippen LogP contribution >= 0.6 is 0 Å². The molecule has 0 aromatic carbocycles. The van der Waals surface area contributed by atoms with Crippen molar-refractivity contribution in [3.63, 3.8) is 0 Å². The van der Waals surface area contributed by atoms with Gasteiger partial charge in [-0.1, -0.05) is 6.07 Å². The van der Waals surface area contributed by atoms with Crippen molar-refractivity contribution < 1.29 is 22.7 Å². The van der Waals surface area contributed by atoms with Crippen LogP contribution < -0.4 is 15.4 Å². The molecule has 10 nitrogen and oxygen atoms in total. The lowest BCUT2D eigenvalue weighted by atomic mass is 10.1. The highest BCUT2D eigenvalue weighted by Gasteiger charge is 2.16. The average molecular weight is 486 g/mol. The fourth-order valence-corrected chi connectivity index (χ4v) is 3.66. The summed E-state index contributed by atoms with van der Waals surface area (Å²) < 4.78 is 35.3. The zero-order valence-corrected chi connectivity index (χ0v) is 20.4. The van der Waals surface area contributed by atoms with Gasteiger partial charge in [-0.25, -0.2) is 18.4 Å². The first kappa shape index (κ1) is 25.1. The molecule has 0 saturated heterocycles. The summed E-state index contributed by atoms with van der Waals surface area (Å²) in [5.41, 5.74) is 2.65. The Kier molecular flexibility index (Phi) is 7.79. The van der Waals surface area contributed by atoms with Crippen LogP contribution in [0.1, 0.15) is 26.3 Å². The maximum absolute atomic E-state index is 12.2. The van der Waals surface area contributed by atoms with Gasteiger partial charge in [-0.15, -0.1) is 0 Å². The molecule has 0 spiro atoms. The smallest absolute Gasteiger partial charge is 0.222 e. The molecule has 0 unspecified atom stereocenters. The molecule has 180 valence electrons. The lowest BCUT2D eigenvalue weighted by Crippen LogP contribution is -2.10. The van der Waals surface area contributed by atoms with E-state index in [4.69, 9.17) is 9.47 Å². The van der Waals surface area contributed by atoms with Crippen molar-refractivity contribution in [1.82, 2.24) is 15.0 Å². The first-order valence-corrected chi connectivity index (χ1v) is 12.3. The van der Waals surface area contributed by atoms with Crippen molar-refractivity contribution in [3.8, 4) is 17.0 Å². The molecule has 0 aliphatic rings. The topological polar surface area (TPSA) is 132 Å². The van der Waals surface area contributed by atoms with Crippen LogP contribution in [0.25, 0.3) is 11.3 Å². The summed E-state index contributed by atoms with van der Waals surface area (Å²) >= 11 is 0. The van der Waals surface area contributed by atoms with Gasteiger partial charge in [-0.05, 0) is 25.5 Å². The van der Waals surface area contributed by atoms with E-state index < -0.39 is 9.84 Å². The second-order valence-electron chi connectivity index (χ2n) is 7.87. The molecule has 3 rings (SSSR count). The van der Waals surface area contributed by atoms with Crippen LogP contribution in [0.2, 0.25) is 0 Å². The molecule has 0 aliphatic heterocycles. The molecule has 0 atom stereocenters. The van der Waals surface area contributed by atoms with E-state index in [1.807, 2.05) is 26.0 Å². The fourth-order valence-electron chi connectivity index (χ4n) is 3.06. The van der Waals surface area contributed by atoms with Crippen molar-refractivity contribution in [2.75, 3.05) is 24.0 Å². The predicted octanol–water partition coefficient (Wildman–Crippen LogP) is 3.58. The van der Waals surface area contributed by atoms with E-state index in [-0.39, 0.29) is 22.9 Å². The number of sulfone groups is 1. The zero-order chi connectivity index (χ0) is 24.9. The van der Waals surface area contributed by atoms with Gasteiger partial charge in [-0.2, -0.15) is 0 Å². The quantitative estimate of drug-likeness (QED) is 0.466. The molecule has 0 bridgehead atoms. The van der Waals surface area contributed by atoms with E-state index >= 15 is 0 Å². The summed E-state index contributed by atoms with van der Waals surface area (Å²) in [5.74, 6) is 0.634. The molecule has 0 aliphatic carbocycles. The SMILES string of the molecule is COCc1ccc(-c2cnc(NC(C)=O)cc2Nc2cc(OC(C)C)cc(S(C)(=O)=O)n2)nc1. The van der Waals surface area contributed by atoms with Gasteiger partial charge < -0.3 is 20.1 Å². The number of methoxy groups -OCH3 is 1. The number of hydrogen-bond acceptors (Lipinski definition) is 9. The van der Waals surface area contributed by atoms with Crippen molar-refractivity contribution in [3.05, 3.63) is 48.3 Å². The summed E-state index contributed by atoms with van der Waals surface area (Å²) in [6.07, 6.45) is 4.18. The number of carbonyl (C=O) groups excluding carboxylic acids is 1. The average Bonchev–Trinajstić information content (AvgIpc) is 2.73. The fraction of sp³-hybridized carbons (Fsp3) is 0.304. The molecule has 2 N–H and O–H groups in total. The van der Waals surface area contributed by atoms with E-state index in [9.17, 15) is 13.2 Å². The molecule has 11 heteroatoms. The van der Waals surface area contributed by atoms with Gasteiger partial charge in [0.05, 0.1) is 24.1 Å². The van der Waals surface area contributed by atoms with E-state index in [1.165, 1.54) is 13.0 Å². The molecule has 0 fully saturated rings. The van der Waals surface area contributed by atoms with Crippen molar-refractivity contribution in [1.29, 1.82) is 0 Å². The second-order valence-corrected chi connectivity index (χ2v) is 9.83. The van der Waals surface area contributed by atoms with Crippen LogP contribution in [0.3, 0.4) is 0 Å². The van der Waals surface area contributed by atoms with Gasteiger partial charge in [0.25, 0.3) is 0 Å². The molecule has 0 radical (unpaired) electrons. The number of carbonyl (C=O) groups is 1. The number of rotatable bonds is 9. The Morgan fingerprint density at radius 2 is 1.85 bits per heavy atom. The molecular formula is C23H27N5O5S. The van der Waals surface area contributed by atoms with Crippen molar-refractivity contribution >= 4 is 33.1 Å². The number of hydrogen-bond donors (Lipinski definition) is 2. The van der Waals surface area contributed by atoms with Gasteiger partial charge in [0, 0.05) is 56.4 Å². The first-order valence-electron chi connectivity index (χ1n) is 10.4. The Hall–Kier alpha value is -3.57. The summed E-state index contributed by atoms with van der Waals surface area (Å²) in [4.78, 5) is 24.6. The van der Waals surface area contributed by atoms with Crippen LogP contribution in [-0.4, -0.2) is 48.7 Å². The van der Waals surface area contributed by atoms with Crippen LogP contribution in [0.5, 0.6) is 5.75 Å². The highest BCUT2D eigenvalue weighted by atomic mass is 32.2.